The highest BCUT2D eigenvalue weighted by atomic mass is 35.5. The molecule has 0 aliphatic carbocycles. The van der Waals surface area contributed by atoms with Gasteiger partial charge in [-0.2, -0.15) is 8.78 Å². The summed E-state index contributed by atoms with van der Waals surface area (Å²) in [4.78, 5) is 10.8. The van der Waals surface area contributed by atoms with Gasteiger partial charge in [0.2, 0.25) is 0 Å². The van der Waals surface area contributed by atoms with E-state index in [4.69, 9.17) is 11.6 Å². The second-order valence-electron chi connectivity index (χ2n) is 3.00. The number of anilines is 1. The first-order valence-electron chi connectivity index (χ1n) is 4.17. The van der Waals surface area contributed by atoms with Crippen molar-refractivity contribution in [2.75, 3.05) is 5.32 Å². The Morgan fingerprint density at radius 3 is 2.41 bits per heavy atom. The van der Waals surface area contributed by atoms with Gasteiger partial charge in [-0.1, -0.05) is 11.6 Å². The number of hydrogen-bond donors (Lipinski definition) is 1. The molecule has 94 valence electrons. The number of nitrogens with one attached hydrogen (secondary N) is 1. The average Bonchev–Trinajstić information content (AvgIpc) is 2.21. The number of rotatable bonds is 3. The van der Waals surface area contributed by atoms with E-state index in [1.54, 1.807) is 0 Å². The van der Waals surface area contributed by atoms with Crippen LogP contribution in [-0.4, -0.2) is 18.3 Å². The van der Waals surface area contributed by atoms with E-state index in [1.807, 2.05) is 0 Å². The van der Waals surface area contributed by atoms with Crippen LogP contribution in [0.25, 0.3) is 0 Å². The lowest BCUT2D eigenvalue weighted by Gasteiger charge is -2.15. The van der Waals surface area contributed by atoms with Gasteiger partial charge in [-0.05, 0) is 18.2 Å². The molecular formula is C9H5ClF5NO. The van der Waals surface area contributed by atoms with E-state index in [1.165, 1.54) is 5.32 Å². The van der Waals surface area contributed by atoms with Gasteiger partial charge in [0.15, 0.2) is 0 Å². The van der Waals surface area contributed by atoms with E-state index in [0.717, 1.165) is 18.2 Å². The first kappa shape index (κ1) is 13.7. The van der Waals surface area contributed by atoms with E-state index in [-0.39, 0.29) is 10.7 Å². The molecular weight excluding hydrogens is 269 g/mol. The number of amides is 1. The highest BCUT2D eigenvalue weighted by Crippen LogP contribution is 2.27. The molecule has 0 heterocycles. The summed E-state index contributed by atoms with van der Waals surface area (Å²) in [5.41, 5.74) is -0.376. The van der Waals surface area contributed by atoms with E-state index in [0.29, 0.717) is 0 Å². The van der Waals surface area contributed by atoms with Crippen LogP contribution in [-0.2, 0) is 4.79 Å². The Labute approximate surface area is 97.4 Å². The first-order valence-corrected chi connectivity index (χ1v) is 4.55. The Bertz CT molecular complexity index is 437. The van der Waals surface area contributed by atoms with Gasteiger partial charge in [0, 0.05) is 0 Å². The monoisotopic (exact) mass is 273 g/mol. The molecule has 0 saturated heterocycles. The number of alkyl halides is 4. The fourth-order valence-electron chi connectivity index (χ4n) is 0.896. The van der Waals surface area contributed by atoms with Crippen molar-refractivity contribution < 1.29 is 26.7 Å². The normalized spacial score (nSPS) is 11.7. The smallest absolute Gasteiger partial charge is 0.319 e. The van der Waals surface area contributed by atoms with Crippen LogP contribution >= 0.6 is 11.6 Å². The molecule has 1 aromatic carbocycles. The molecule has 0 fully saturated rings. The summed E-state index contributed by atoms with van der Waals surface area (Å²) in [6.45, 7) is 0. The molecule has 0 unspecified atom stereocenters. The molecule has 1 amide bonds. The highest BCUT2D eigenvalue weighted by Gasteiger charge is 2.49. The number of benzene rings is 1. The third-order valence-electron chi connectivity index (χ3n) is 1.76. The molecule has 0 bridgehead atoms. The largest absolute Gasteiger partial charge is 0.383 e. The SMILES string of the molecule is O=C(Nc1ccc(F)cc1Cl)C(F)(F)C(F)F. The summed E-state index contributed by atoms with van der Waals surface area (Å²) in [5, 5.41) is 1.12. The number of carbonyl (C=O) groups is 1. The van der Waals surface area contributed by atoms with Gasteiger partial charge < -0.3 is 5.32 Å². The van der Waals surface area contributed by atoms with Crippen molar-refractivity contribution in [2.45, 2.75) is 12.3 Å². The summed E-state index contributed by atoms with van der Waals surface area (Å²) in [5.74, 6) is -7.80. The minimum Gasteiger partial charge on any atom is -0.319 e. The standard InChI is InChI=1S/C9H5ClF5NO/c10-5-3-4(11)1-2-6(5)16-8(17)9(14,15)7(12)13/h1-3,7H,(H,16,17). The van der Waals surface area contributed by atoms with Crippen molar-refractivity contribution in [3.05, 3.63) is 29.0 Å². The van der Waals surface area contributed by atoms with E-state index in [2.05, 4.69) is 0 Å². The van der Waals surface area contributed by atoms with Gasteiger partial charge in [-0.25, -0.2) is 13.2 Å². The number of carbonyl (C=O) groups excluding carboxylic acids is 1. The minimum atomic E-state index is -4.84. The third-order valence-corrected chi connectivity index (χ3v) is 2.07. The summed E-state index contributed by atoms with van der Waals surface area (Å²) >= 11 is 5.42. The fourth-order valence-corrected chi connectivity index (χ4v) is 1.11. The Morgan fingerprint density at radius 1 is 1.35 bits per heavy atom. The number of halogens is 6. The van der Waals surface area contributed by atoms with Crippen molar-refractivity contribution in [1.82, 2.24) is 0 Å². The lowest BCUT2D eigenvalue weighted by atomic mass is 10.2. The van der Waals surface area contributed by atoms with Crippen molar-refractivity contribution in [1.29, 1.82) is 0 Å². The molecule has 0 atom stereocenters. The molecule has 0 aromatic heterocycles. The predicted octanol–water partition coefficient (Wildman–Crippen LogP) is 3.32. The molecule has 17 heavy (non-hydrogen) atoms. The van der Waals surface area contributed by atoms with Gasteiger partial charge >= 0.3 is 18.3 Å². The van der Waals surface area contributed by atoms with Crippen LogP contribution < -0.4 is 5.32 Å². The molecule has 0 radical (unpaired) electrons. The summed E-state index contributed by atoms with van der Waals surface area (Å²) in [6.07, 6.45) is -4.14. The van der Waals surface area contributed by atoms with Crippen LogP contribution in [0.5, 0.6) is 0 Å². The van der Waals surface area contributed by atoms with Crippen molar-refractivity contribution in [3.63, 3.8) is 0 Å². The highest BCUT2D eigenvalue weighted by molar-refractivity contribution is 6.33. The zero-order valence-electron chi connectivity index (χ0n) is 7.99. The lowest BCUT2D eigenvalue weighted by Crippen LogP contribution is -2.41. The quantitative estimate of drug-likeness (QED) is 0.841. The van der Waals surface area contributed by atoms with Crippen LogP contribution in [0.3, 0.4) is 0 Å². The average molecular weight is 274 g/mol. The van der Waals surface area contributed by atoms with Crippen LogP contribution in [0.15, 0.2) is 18.2 Å². The minimum absolute atomic E-state index is 0.372. The van der Waals surface area contributed by atoms with Gasteiger partial charge in [-0.3, -0.25) is 4.79 Å². The van der Waals surface area contributed by atoms with Crippen LogP contribution in [0.1, 0.15) is 0 Å². The molecule has 2 nitrogen and oxygen atoms in total. The molecule has 0 aliphatic heterocycles. The van der Waals surface area contributed by atoms with Gasteiger partial charge in [0.05, 0.1) is 10.7 Å². The predicted molar refractivity (Wildman–Crippen MR) is 51.0 cm³/mol. The van der Waals surface area contributed by atoms with Crippen LogP contribution in [0.2, 0.25) is 5.02 Å². The Morgan fingerprint density at radius 2 is 1.94 bits per heavy atom. The zero-order valence-corrected chi connectivity index (χ0v) is 8.74. The topological polar surface area (TPSA) is 29.1 Å². The molecule has 0 saturated carbocycles. The second-order valence-corrected chi connectivity index (χ2v) is 3.41. The third kappa shape index (κ3) is 3.06. The summed E-state index contributed by atoms with van der Waals surface area (Å²) < 4.78 is 61.3. The lowest BCUT2D eigenvalue weighted by molar-refractivity contribution is -0.163. The molecule has 1 N–H and O–H groups in total. The fraction of sp³-hybridized carbons (Fsp3) is 0.222. The summed E-state index contributed by atoms with van der Waals surface area (Å²) in [7, 11) is 0. The molecule has 8 heteroatoms. The maximum Gasteiger partial charge on any atom is 0.383 e. The molecule has 0 spiro atoms. The van der Waals surface area contributed by atoms with Crippen LogP contribution in [0, 0.1) is 5.82 Å². The zero-order chi connectivity index (χ0) is 13.2. The molecule has 1 aromatic rings. The van der Waals surface area contributed by atoms with E-state index >= 15 is 0 Å². The second kappa shape index (κ2) is 4.87. The summed E-state index contributed by atoms with van der Waals surface area (Å²) in [6, 6.07) is 2.47. The van der Waals surface area contributed by atoms with Crippen LogP contribution in [0.4, 0.5) is 27.6 Å². The van der Waals surface area contributed by atoms with Gasteiger partial charge in [0.1, 0.15) is 5.82 Å². The first-order chi connectivity index (χ1) is 7.75. The van der Waals surface area contributed by atoms with Crippen molar-refractivity contribution in [3.8, 4) is 0 Å². The molecule has 0 aliphatic rings. The number of hydrogen-bond acceptors (Lipinski definition) is 1. The maximum atomic E-state index is 12.6. The Kier molecular flexibility index (Phi) is 3.92. The van der Waals surface area contributed by atoms with Gasteiger partial charge in [0.25, 0.3) is 0 Å². The molecule has 1 rings (SSSR count). The maximum absolute atomic E-state index is 12.6. The van der Waals surface area contributed by atoms with Gasteiger partial charge in [-0.15, -0.1) is 0 Å². The van der Waals surface area contributed by atoms with Crippen molar-refractivity contribution in [2.24, 2.45) is 0 Å². The van der Waals surface area contributed by atoms with Crippen molar-refractivity contribution >= 4 is 23.2 Å². The Hall–Kier alpha value is -1.37. The van der Waals surface area contributed by atoms with E-state index < -0.39 is 24.1 Å². The van der Waals surface area contributed by atoms with E-state index in [9.17, 15) is 26.7 Å². The Balaban J connectivity index is 2.89.